The van der Waals surface area contributed by atoms with E-state index in [1.54, 1.807) is 24.3 Å². The summed E-state index contributed by atoms with van der Waals surface area (Å²) < 4.78 is 9.35. The number of hydrogen-bond acceptors (Lipinski definition) is 4. The van der Waals surface area contributed by atoms with Crippen LogP contribution in [0.15, 0.2) is 24.3 Å². The normalized spacial score (nSPS) is 9.57. The van der Waals surface area contributed by atoms with E-state index < -0.39 is 0 Å². The summed E-state index contributed by atoms with van der Waals surface area (Å²) in [4.78, 5) is 10.9. The van der Waals surface area contributed by atoms with Gasteiger partial charge >= 0.3 is 5.97 Å². The minimum absolute atomic E-state index is 0.246. The van der Waals surface area contributed by atoms with Crippen LogP contribution in [0.1, 0.15) is 5.56 Å². The zero-order valence-electron chi connectivity index (χ0n) is 7.90. The molecule has 14 heavy (non-hydrogen) atoms. The highest BCUT2D eigenvalue weighted by molar-refractivity contribution is 5.72. The minimum atomic E-state index is -0.351. The molecule has 0 radical (unpaired) electrons. The lowest BCUT2D eigenvalue weighted by molar-refractivity contribution is -0.139. The average molecular weight is 196 g/mol. The van der Waals surface area contributed by atoms with Crippen molar-refractivity contribution in [3.63, 3.8) is 0 Å². The number of hydrogen-bond donors (Lipinski definition) is 1. The summed E-state index contributed by atoms with van der Waals surface area (Å²) in [6, 6.07) is 6.88. The molecular formula is C10H12O4. The van der Waals surface area contributed by atoms with Crippen molar-refractivity contribution in [1.29, 1.82) is 0 Å². The second-order valence-corrected chi connectivity index (χ2v) is 2.67. The molecule has 1 N–H and O–H groups in total. The topological polar surface area (TPSA) is 55.8 Å². The van der Waals surface area contributed by atoms with Crippen molar-refractivity contribution in [2.75, 3.05) is 13.9 Å². The molecule has 0 aliphatic carbocycles. The van der Waals surface area contributed by atoms with E-state index in [-0.39, 0.29) is 19.2 Å². The minimum Gasteiger partial charge on any atom is -0.469 e. The Morgan fingerprint density at radius 2 is 2.00 bits per heavy atom. The van der Waals surface area contributed by atoms with Crippen molar-refractivity contribution in [3.8, 4) is 5.75 Å². The van der Waals surface area contributed by atoms with Crippen LogP contribution in [-0.2, 0) is 16.0 Å². The molecule has 0 saturated heterocycles. The number of ether oxygens (including phenoxy) is 2. The molecule has 0 amide bonds. The Kier molecular flexibility index (Phi) is 3.94. The first-order chi connectivity index (χ1) is 6.76. The van der Waals surface area contributed by atoms with Crippen LogP contribution >= 0.6 is 0 Å². The van der Waals surface area contributed by atoms with Gasteiger partial charge in [0.1, 0.15) is 5.75 Å². The quantitative estimate of drug-likeness (QED) is 0.569. The van der Waals surface area contributed by atoms with Crippen LogP contribution < -0.4 is 4.74 Å². The average Bonchev–Trinajstić information content (AvgIpc) is 2.21. The van der Waals surface area contributed by atoms with E-state index >= 15 is 0 Å². The van der Waals surface area contributed by atoms with Crippen LogP contribution in [0, 0.1) is 0 Å². The van der Waals surface area contributed by atoms with Crippen LogP contribution in [0.25, 0.3) is 0 Å². The van der Waals surface area contributed by atoms with Gasteiger partial charge in [-0.1, -0.05) is 12.1 Å². The maximum atomic E-state index is 10.9. The molecule has 1 aromatic rings. The van der Waals surface area contributed by atoms with Gasteiger partial charge in [-0.05, 0) is 17.7 Å². The lowest BCUT2D eigenvalue weighted by atomic mass is 10.1. The SMILES string of the molecule is COC(=O)Cc1ccc(OCO)cc1. The van der Waals surface area contributed by atoms with Crippen molar-refractivity contribution >= 4 is 5.97 Å². The van der Waals surface area contributed by atoms with E-state index in [0.717, 1.165) is 5.56 Å². The fourth-order valence-electron chi connectivity index (χ4n) is 1.02. The van der Waals surface area contributed by atoms with E-state index in [1.165, 1.54) is 7.11 Å². The second-order valence-electron chi connectivity index (χ2n) is 2.67. The monoisotopic (exact) mass is 196 g/mol. The Morgan fingerprint density at radius 1 is 1.36 bits per heavy atom. The van der Waals surface area contributed by atoms with Gasteiger partial charge < -0.3 is 14.6 Å². The molecule has 0 saturated carbocycles. The number of benzene rings is 1. The third kappa shape index (κ3) is 3.06. The van der Waals surface area contributed by atoms with Crippen molar-refractivity contribution < 1.29 is 19.4 Å². The maximum absolute atomic E-state index is 10.9. The second kappa shape index (κ2) is 5.24. The van der Waals surface area contributed by atoms with Gasteiger partial charge in [0.05, 0.1) is 13.5 Å². The highest BCUT2D eigenvalue weighted by Crippen LogP contribution is 2.12. The Bertz CT molecular complexity index is 291. The predicted molar refractivity (Wildman–Crippen MR) is 49.9 cm³/mol. The molecule has 1 rings (SSSR count). The third-order valence-corrected chi connectivity index (χ3v) is 1.73. The van der Waals surface area contributed by atoms with Crippen LogP contribution in [0.3, 0.4) is 0 Å². The number of esters is 1. The lowest BCUT2D eigenvalue weighted by Gasteiger charge is -2.03. The summed E-state index contributed by atoms with van der Waals surface area (Å²) in [6.45, 7) is -0.351. The fraction of sp³-hybridized carbons (Fsp3) is 0.300. The van der Waals surface area contributed by atoms with Crippen molar-refractivity contribution in [2.45, 2.75) is 6.42 Å². The zero-order valence-corrected chi connectivity index (χ0v) is 7.90. The molecule has 1 aromatic carbocycles. The smallest absolute Gasteiger partial charge is 0.309 e. The number of aliphatic hydroxyl groups excluding tert-OH is 1. The maximum Gasteiger partial charge on any atom is 0.309 e. The van der Waals surface area contributed by atoms with E-state index in [9.17, 15) is 4.79 Å². The third-order valence-electron chi connectivity index (χ3n) is 1.73. The molecule has 0 spiro atoms. The van der Waals surface area contributed by atoms with Gasteiger partial charge in [0.15, 0.2) is 6.79 Å². The fourth-order valence-corrected chi connectivity index (χ4v) is 1.02. The zero-order chi connectivity index (χ0) is 10.4. The molecule has 0 fully saturated rings. The van der Waals surface area contributed by atoms with E-state index in [0.29, 0.717) is 5.75 Å². The Hall–Kier alpha value is -1.55. The summed E-state index contributed by atoms with van der Waals surface area (Å²) in [5.41, 5.74) is 0.849. The molecule has 76 valence electrons. The molecule has 0 bridgehead atoms. The van der Waals surface area contributed by atoms with Crippen LogP contribution in [0.5, 0.6) is 5.75 Å². The molecule has 0 aliphatic heterocycles. The Balaban J connectivity index is 2.59. The van der Waals surface area contributed by atoms with Gasteiger partial charge in [-0.3, -0.25) is 4.79 Å². The van der Waals surface area contributed by atoms with Gasteiger partial charge in [-0.15, -0.1) is 0 Å². The van der Waals surface area contributed by atoms with E-state index in [2.05, 4.69) is 4.74 Å². The first kappa shape index (κ1) is 10.5. The van der Waals surface area contributed by atoms with Gasteiger partial charge in [-0.25, -0.2) is 0 Å². The first-order valence-corrected chi connectivity index (χ1v) is 4.15. The van der Waals surface area contributed by atoms with Crippen molar-refractivity contribution in [2.24, 2.45) is 0 Å². The van der Waals surface area contributed by atoms with Crippen LogP contribution in [-0.4, -0.2) is 25.0 Å². The summed E-state index contributed by atoms with van der Waals surface area (Å²) in [6.07, 6.45) is 0.246. The number of carbonyl (C=O) groups is 1. The predicted octanol–water partition coefficient (Wildman–Crippen LogP) is 0.731. The van der Waals surface area contributed by atoms with E-state index in [4.69, 9.17) is 9.84 Å². The van der Waals surface area contributed by atoms with E-state index in [1.807, 2.05) is 0 Å². The first-order valence-electron chi connectivity index (χ1n) is 4.15. The van der Waals surface area contributed by atoms with Crippen LogP contribution in [0.2, 0.25) is 0 Å². The summed E-state index contributed by atoms with van der Waals surface area (Å²) in [7, 11) is 1.35. The van der Waals surface area contributed by atoms with Gasteiger partial charge in [-0.2, -0.15) is 0 Å². The van der Waals surface area contributed by atoms with Gasteiger partial charge in [0.25, 0.3) is 0 Å². The molecular weight excluding hydrogens is 184 g/mol. The van der Waals surface area contributed by atoms with Crippen LogP contribution in [0.4, 0.5) is 0 Å². The van der Waals surface area contributed by atoms with Crippen molar-refractivity contribution in [3.05, 3.63) is 29.8 Å². The lowest BCUT2D eigenvalue weighted by Crippen LogP contribution is -2.04. The number of methoxy groups -OCH3 is 1. The molecule has 0 heterocycles. The highest BCUT2D eigenvalue weighted by atomic mass is 16.6. The highest BCUT2D eigenvalue weighted by Gasteiger charge is 2.02. The van der Waals surface area contributed by atoms with Crippen molar-refractivity contribution in [1.82, 2.24) is 0 Å². The number of aliphatic hydroxyl groups is 1. The molecule has 4 heteroatoms. The molecule has 4 nitrogen and oxygen atoms in total. The van der Waals surface area contributed by atoms with Gasteiger partial charge in [0.2, 0.25) is 0 Å². The Morgan fingerprint density at radius 3 is 2.50 bits per heavy atom. The summed E-state index contributed by atoms with van der Waals surface area (Å²) >= 11 is 0. The largest absolute Gasteiger partial charge is 0.469 e. The summed E-state index contributed by atoms with van der Waals surface area (Å²) in [5.74, 6) is 0.293. The molecule has 0 aromatic heterocycles. The standard InChI is InChI=1S/C10H12O4/c1-13-10(12)6-8-2-4-9(5-3-8)14-7-11/h2-5,11H,6-7H2,1H3. The summed E-state index contributed by atoms with van der Waals surface area (Å²) in [5, 5.41) is 8.48. The number of carbonyl (C=O) groups excluding carboxylic acids is 1. The molecule has 0 unspecified atom stereocenters. The van der Waals surface area contributed by atoms with Gasteiger partial charge in [0, 0.05) is 0 Å². The molecule has 0 atom stereocenters. The Labute approximate surface area is 82.1 Å². The molecule has 0 aliphatic rings. The number of rotatable bonds is 4.